The highest BCUT2D eigenvalue weighted by molar-refractivity contribution is 7.89. The maximum Gasteiger partial charge on any atom is 0.276 e. The minimum Gasteiger partial charge on any atom is -0.497 e. The Morgan fingerprint density at radius 3 is 2.30 bits per heavy atom. The number of hydroxylamine groups is 1. The summed E-state index contributed by atoms with van der Waals surface area (Å²) in [5.41, 5.74) is 1.49. The lowest BCUT2D eigenvalue weighted by molar-refractivity contribution is -0.384. The van der Waals surface area contributed by atoms with Crippen LogP contribution < -0.4 is 15.1 Å². The summed E-state index contributed by atoms with van der Waals surface area (Å²) in [6, 6.07) is 9.82. The van der Waals surface area contributed by atoms with Crippen molar-refractivity contribution in [2.75, 3.05) is 38.2 Å². The lowest BCUT2D eigenvalue weighted by atomic mass is 10.1. The van der Waals surface area contributed by atoms with E-state index in [0.29, 0.717) is 11.4 Å². The summed E-state index contributed by atoms with van der Waals surface area (Å²) in [6.07, 6.45) is 0. The molecule has 1 heterocycles. The number of benzene rings is 2. The van der Waals surface area contributed by atoms with Crippen LogP contribution in [0.5, 0.6) is 5.75 Å². The number of carbonyl (C=O) groups excluding carboxylic acids is 1. The first-order valence-corrected chi connectivity index (χ1v) is 10.3. The van der Waals surface area contributed by atoms with E-state index in [2.05, 4.69) is 0 Å². The normalized spacial score (nSPS) is 14.9. The van der Waals surface area contributed by atoms with Crippen LogP contribution in [-0.2, 0) is 10.0 Å². The molecule has 0 aliphatic carbocycles. The SMILES string of the molecule is COc1ccc(S(=O)(=O)N2CCN(c3ccc([N+](=O)[O-])cc3C(=O)NO)CC2)cc1. The van der Waals surface area contributed by atoms with Crippen molar-refractivity contribution in [3.05, 3.63) is 58.1 Å². The van der Waals surface area contributed by atoms with E-state index in [1.54, 1.807) is 17.0 Å². The predicted octanol–water partition coefficient (Wildman–Crippen LogP) is 1.23. The zero-order valence-electron chi connectivity index (χ0n) is 16.0. The number of methoxy groups -OCH3 is 1. The van der Waals surface area contributed by atoms with Crippen LogP contribution in [0, 0.1) is 10.1 Å². The van der Waals surface area contributed by atoms with E-state index >= 15 is 0 Å². The molecule has 1 aliphatic heterocycles. The Morgan fingerprint density at radius 2 is 1.77 bits per heavy atom. The Bertz CT molecular complexity index is 1050. The van der Waals surface area contributed by atoms with Crippen LogP contribution in [0.25, 0.3) is 0 Å². The van der Waals surface area contributed by atoms with E-state index in [0.717, 1.165) is 6.07 Å². The van der Waals surface area contributed by atoms with Gasteiger partial charge >= 0.3 is 0 Å². The number of nitro benzene ring substituents is 1. The number of ether oxygens (including phenoxy) is 1. The summed E-state index contributed by atoms with van der Waals surface area (Å²) in [7, 11) is -2.21. The zero-order chi connectivity index (χ0) is 21.9. The van der Waals surface area contributed by atoms with Gasteiger partial charge in [-0.3, -0.25) is 20.1 Å². The fraction of sp³-hybridized carbons (Fsp3) is 0.278. The fourth-order valence-corrected chi connectivity index (χ4v) is 4.64. The third-order valence-corrected chi connectivity index (χ3v) is 6.73. The van der Waals surface area contributed by atoms with Crippen molar-refractivity contribution in [3.8, 4) is 5.75 Å². The van der Waals surface area contributed by atoms with Crippen LogP contribution >= 0.6 is 0 Å². The van der Waals surface area contributed by atoms with Crippen LogP contribution in [0.15, 0.2) is 47.4 Å². The molecule has 11 nitrogen and oxygen atoms in total. The summed E-state index contributed by atoms with van der Waals surface area (Å²) in [6.45, 7) is 0.842. The predicted molar refractivity (Wildman–Crippen MR) is 106 cm³/mol. The third-order valence-electron chi connectivity index (χ3n) is 4.81. The molecule has 1 fully saturated rings. The Hall–Kier alpha value is -3.22. The molecule has 2 N–H and O–H groups in total. The van der Waals surface area contributed by atoms with Crippen LogP contribution in [-0.4, -0.2) is 62.0 Å². The standard InChI is InChI=1S/C18H20N4O7S/c1-29-14-3-5-15(6-4-14)30(27,28)21-10-8-20(9-11-21)17-7-2-13(22(25)26)12-16(17)18(23)19-24/h2-7,12,24H,8-11H2,1H3,(H,19,23). The van der Waals surface area contributed by atoms with E-state index in [1.165, 1.54) is 41.2 Å². The second-order valence-corrected chi connectivity index (χ2v) is 8.40. The summed E-state index contributed by atoms with van der Waals surface area (Å²) in [5, 5.41) is 20.0. The van der Waals surface area contributed by atoms with Crippen molar-refractivity contribution in [2.24, 2.45) is 0 Å². The van der Waals surface area contributed by atoms with Crippen molar-refractivity contribution in [1.82, 2.24) is 9.79 Å². The maximum atomic E-state index is 12.9. The molecular formula is C18H20N4O7S. The first-order chi connectivity index (χ1) is 14.3. The van der Waals surface area contributed by atoms with Crippen LogP contribution in [0.1, 0.15) is 10.4 Å². The van der Waals surface area contributed by atoms with Gasteiger partial charge in [-0.25, -0.2) is 13.9 Å². The van der Waals surface area contributed by atoms with Gasteiger partial charge in [-0.15, -0.1) is 0 Å². The van der Waals surface area contributed by atoms with Crippen LogP contribution in [0.4, 0.5) is 11.4 Å². The second kappa shape index (κ2) is 8.65. The van der Waals surface area contributed by atoms with E-state index in [9.17, 15) is 23.3 Å². The number of hydrogen-bond donors (Lipinski definition) is 2. The molecule has 0 aromatic heterocycles. The Morgan fingerprint density at radius 1 is 1.13 bits per heavy atom. The van der Waals surface area contributed by atoms with Crippen molar-refractivity contribution < 1.29 is 28.1 Å². The highest BCUT2D eigenvalue weighted by Gasteiger charge is 2.30. The van der Waals surface area contributed by atoms with Crippen LogP contribution in [0.3, 0.4) is 0 Å². The molecule has 0 spiro atoms. The number of anilines is 1. The smallest absolute Gasteiger partial charge is 0.276 e. The van der Waals surface area contributed by atoms with Gasteiger partial charge in [0.2, 0.25) is 10.0 Å². The molecule has 0 saturated carbocycles. The third kappa shape index (κ3) is 4.20. The van der Waals surface area contributed by atoms with Gasteiger partial charge in [0.25, 0.3) is 11.6 Å². The molecule has 1 saturated heterocycles. The van der Waals surface area contributed by atoms with Gasteiger partial charge in [0.1, 0.15) is 5.75 Å². The molecule has 0 unspecified atom stereocenters. The molecular weight excluding hydrogens is 416 g/mol. The number of nitro groups is 1. The van der Waals surface area contributed by atoms with Crippen molar-refractivity contribution in [2.45, 2.75) is 4.90 Å². The fourth-order valence-electron chi connectivity index (χ4n) is 3.22. The van der Waals surface area contributed by atoms with Crippen molar-refractivity contribution in [1.29, 1.82) is 0 Å². The van der Waals surface area contributed by atoms with E-state index < -0.39 is 20.9 Å². The largest absolute Gasteiger partial charge is 0.497 e. The summed E-state index contributed by atoms with van der Waals surface area (Å²) in [4.78, 5) is 24.2. The maximum absolute atomic E-state index is 12.9. The number of non-ortho nitro benzene ring substituents is 1. The molecule has 12 heteroatoms. The summed E-state index contributed by atoms with van der Waals surface area (Å²) < 4.78 is 32.1. The lowest BCUT2D eigenvalue weighted by Gasteiger charge is -2.36. The first kappa shape index (κ1) is 21.5. The molecule has 1 aliphatic rings. The lowest BCUT2D eigenvalue weighted by Crippen LogP contribution is -2.49. The average molecular weight is 436 g/mol. The topological polar surface area (TPSA) is 142 Å². The second-order valence-electron chi connectivity index (χ2n) is 6.47. The number of piperazine rings is 1. The molecule has 2 aromatic carbocycles. The molecule has 0 atom stereocenters. The molecule has 0 radical (unpaired) electrons. The van der Waals surface area contributed by atoms with Gasteiger partial charge in [-0.2, -0.15) is 4.31 Å². The zero-order valence-corrected chi connectivity index (χ0v) is 16.8. The molecule has 1 amide bonds. The van der Waals surface area contributed by atoms with Crippen LogP contribution in [0.2, 0.25) is 0 Å². The molecule has 160 valence electrons. The number of hydrogen-bond acceptors (Lipinski definition) is 8. The number of nitrogens with zero attached hydrogens (tertiary/aromatic N) is 3. The minimum absolute atomic E-state index is 0.0711. The number of amides is 1. The Labute approximate surface area is 172 Å². The van der Waals surface area contributed by atoms with Gasteiger partial charge in [-0.1, -0.05) is 0 Å². The molecule has 0 bridgehead atoms. The highest BCUT2D eigenvalue weighted by Crippen LogP contribution is 2.28. The average Bonchev–Trinajstić information content (AvgIpc) is 2.78. The van der Waals surface area contributed by atoms with Gasteiger partial charge in [0.15, 0.2) is 0 Å². The van der Waals surface area contributed by atoms with E-state index in [1.807, 2.05) is 0 Å². The molecule has 30 heavy (non-hydrogen) atoms. The Kier molecular flexibility index (Phi) is 6.20. The van der Waals surface area contributed by atoms with Gasteiger partial charge in [0, 0.05) is 38.3 Å². The number of carbonyl (C=O) groups is 1. The van der Waals surface area contributed by atoms with Crippen molar-refractivity contribution >= 4 is 27.3 Å². The first-order valence-electron chi connectivity index (χ1n) is 8.90. The minimum atomic E-state index is -3.70. The summed E-state index contributed by atoms with van der Waals surface area (Å²) >= 11 is 0. The van der Waals surface area contributed by atoms with Gasteiger partial charge < -0.3 is 9.64 Å². The highest BCUT2D eigenvalue weighted by atomic mass is 32.2. The summed E-state index contributed by atoms with van der Waals surface area (Å²) in [5.74, 6) is -0.339. The number of nitrogens with one attached hydrogen (secondary N) is 1. The molecule has 3 rings (SSSR count). The molecule has 2 aromatic rings. The van der Waals surface area contributed by atoms with E-state index in [4.69, 9.17) is 9.94 Å². The number of rotatable bonds is 6. The Balaban J connectivity index is 1.79. The van der Waals surface area contributed by atoms with E-state index in [-0.39, 0.29) is 42.3 Å². The van der Waals surface area contributed by atoms with Gasteiger partial charge in [-0.05, 0) is 30.3 Å². The number of sulfonamides is 1. The van der Waals surface area contributed by atoms with Crippen molar-refractivity contribution in [3.63, 3.8) is 0 Å². The monoisotopic (exact) mass is 436 g/mol. The van der Waals surface area contributed by atoms with Gasteiger partial charge in [0.05, 0.1) is 28.2 Å². The quantitative estimate of drug-likeness (QED) is 0.391.